The normalized spacial score (nSPS) is 13.9. The Hall–Kier alpha value is -3.24. The SMILES string of the molecule is COc1ccc(C=C2C(=O)Nc3cc(Cl)ccc32)cc1OCc1ccccc1. The van der Waals surface area contributed by atoms with Crippen molar-refractivity contribution in [3.63, 3.8) is 0 Å². The molecule has 0 saturated carbocycles. The molecule has 4 nitrogen and oxygen atoms in total. The summed E-state index contributed by atoms with van der Waals surface area (Å²) in [6.45, 7) is 0.430. The number of hydrogen-bond donors (Lipinski definition) is 1. The molecule has 0 unspecified atom stereocenters. The second-order valence-electron chi connectivity index (χ2n) is 6.39. The van der Waals surface area contributed by atoms with Crippen LogP contribution in [0.25, 0.3) is 11.6 Å². The summed E-state index contributed by atoms with van der Waals surface area (Å²) in [4.78, 5) is 12.4. The monoisotopic (exact) mass is 391 g/mol. The Morgan fingerprint density at radius 2 is 1.82 bits per heavy atom. The van der Waals surface area contributed by atoms with Gasteiger partial charge in [-0.15, -0.1) is 0 Å². The number of anilines is 1. The lowest BCUT2D eigenvalue weighted by Gasteiger charge is -2.12. The summed E-state index contributed by atoms with van der Waals surface area (Å²) in [6.07, 6.45) is 1.84. The molecule has 1 amide bonds. The molecule has 1 N–H and O–H groups in total. The summed E-state index contributed by atoms with van der Waals surface area (Å²) in [5.74, 6) is 1.11. The molecule has 1 heterocycles. The Bertz CT molecular complexity index is 1060. The maximum absolute atomic E-state index is 12.4. The van der Waals surface area contributed by atoms with Crippen molar-refractivity contribution in [2.75, 3.05) is 12.4 Å². The van der Waals surface area contributed by atoms with Gasteiger partial charge in [-0.05, 0) is 41.5 Å². The van der Waals surface area contributed by atoms with Crippen molar-refractivity contribution in [1.29, 1.82) is 0 Å². The number of benzene rings is 3. The molecule has 0 radical (unpaired) electrons. The van der Waals surface area contributed by atoms with Crippen LogP contribution in [0.2, 0.25) is 5.02 Å². The van der Waals surface area contributed by atoms with Gasteiger partial charge in [0, 0.05) is 16.2 Å². The number of fused-ring (bicyclic) bond motifs is 1. The average molecular weight is 392 g/mol. The van der Waals surface area contributed by atoms with E-state index in [2.05, 4.69) is 5.32 Å². The van der Waals surface area contributed by atoms with E-state index in [0.717, 1.165) is 22.4 Å². The van der Waals surface area contributed by atoms with Gasteiger partial charge in [0.25, 0.3) is 5.91 Å². The Morgan fingerprint density at radius 1 is 1.00 bits per heavy atom. The Balaban J connectivity index is 1.64. The van der Waals surface area contributed by atoms with E-state index in [0.29, 0.717) is 28.7 Å². The van der Waals surface area contributed by atoms with Crippen LogP contribution in [-0.4, -0.2) is 13.0 Å². The van der Waals surface area contributed by atoms with Crippen molar-refractivity contribution in [3.8, 4) is 11.5 Å². The molecule has 0 bridgehead atoms. The van der Waals surface area contributed by atoms with Gasteiger partial charge in [-0.25, -0.2) is 0 Å². The van der Waals surface area contributed by atoms with Crippen molar-refractivity contribution < 1.29 is 14.3 Å². The third-order valence-corrected chi connectivity index (χ3v) is 4.74. The molecule has 1 aliphatic heterocycles. The first-order chi connectivity index (χ1) is 13.6. The Labute approximate surface area is 168 Å². The Kier molecular flexibility index (Phi) is 5.04. The standard InChI is InChI=1S/C23H18ClNO3/c1-27-21-10-7-16(12-22(21)28-14-15-5-3-2-4-6-15)11-19-18-9-8-17(24)13-20(18)25-23(19)26/h2-13H,14H2,1H3,(H,25,26). The first-order valence-electron chi connectivity index (χ1n) is 8.82. The largest absolute Gasteiger partial charge is 0.493 e. The van der Waals surface area contributed by atoms with E-state index in [9.17, 15) is 4.79 Å². The lowest BCUT2D eigenvalue weighted by molar-refractivity contribution is -0.110. The van der Waals surface area contributed by atoms with Crippen molar-refractivity contribution in [2.24, 2.45) is 0 Å². The number of nitrogens with one attached hydrogen (secondary N) is 1. The molecule has 0 aliphatic carbocycles. The van der Waals surface area contributed by atoms with E-state index in [1.54, 1.807) is 19.2 Å². The fraction of sp³-hybridized carbons (Fsp3) is 0.0870. The second-order valence-corrected chi connectivity index (χ2v) is 6.82. The molecule has 28 heavy (non-hydrogen) atoms. The van der Waals surface area contributed by atoms with Gasteiger partial charge in [-0.2, -0.15) is 0 Å². The minimum atomic E-state index is -0.153. The van der Waals surface area contributed by atoms with Crippen LogP contribution in [-0.2, 0) is 11.4 Å². The van der Waals surface area contributed by atoms with Gasteiger partial charge >= 0.3 is 0 Å². The van der Waals surface area contributed by atoms with Crippen LogP contribution < -0.4 is 14.8 Å². The van der Waals surface area contributed by atoms with Crippen molar-refractivity contribution >= 4 is 34.8 Å². The number of amides is 1. The van der Waals surface area contributed by atoms with Gasteiger partial charge in [0.05, 0.1) is 12.8 Å². The molecular formula is C23H18ClNO3. The third-order valence-electron chi connectivity index (χ3n) is 4.50. The highest BCUT2D eigenvalue weighted by Gasteiger charge is 2.24. The van der Waals surface area contributed by atoms with Crippen LogP contribution in [0, 0.1) is 0 Å². The van der Waals surface area contributed by atoms with Crippen molar-refractivity contribution in [2.45, 2.75) is 6.61 Å². The fourth-order valence-corrected chi connectivity index (χ4v) is 3.28. The molecule has 0 fully saturated rings. The predicted molar refractivity (Wildman–Crippen MR) is 112 cm³/mol. The molecule has 0 aromatic heterocycles. The highest BCUT2D eigenvalue weighted by atomic mass is 35.5. The van der Waals surface area contributed by atoms with E-state index in [1.165, 1.54) is 0 Å². The number of rotatable bonds is 5. The first-order valence-corrected chi connectivity index (χ1v) is 9.19. The summed E-state index contributed by atoms with van der Waals surface area (Å²) in [6, 6.07) is 20.9. The summed E-state index contributed by atoms with van der Waals surface area (Å²) in [5, 5.41) is 3.43. The van der Waals surface area contributed by atoms with E-state index in [4.69, 9.17) is 21.1 Å². The zero-order valence-corrected chi connectivity index (χ0v) is 16.0. The highest BCUT2D eigenvalue weighted by Crippen LogP contribution is 2.36. The topological polar surface area (TPSA) is 47.6 Å². The van der Waals surface area contributed by atoms with Gasteiger partial charge in [0.2, 0.25) is 0 Å². The quantitative estimate of drug-likeness (QED) is 0.591. The van der Waals surface area contributed by atoms with E-state index in [-0.39, 0.29) is 5.91 Å². The van der Waals surface area contributed by atoms with Crippen LogP contribution in [0.5, 0.6) is 11.5 Å². The molecule has 1 aliphatic rings. The number of carbonyl (C=O) groups excluding carboxylic acids is 1. The van der Waals surface area contributed by atoms with Gasteiger partial charge in [0.15, 0.2) is 11.5 Å². The molecule has 3 aromatic rings. The van der Waals surface area contributed by atoms with Crippen LogP contribution in [0.4, 0.5) is 5.69 Å². The third kappa shape index (κ3) is 3.73. The predicted octanol–water partition coefficient (Wildman–Crippen LogP) is 5.42. The average Bonchev–Trinajstić information content (AvgIpc) is 3.01. The van der Waals surface area contributed by atoms with Gasteiger partial charge < -0.3 is 14.8 Å². The molecule has 0 spiro atoms. The first kappa shape index (κ1) is 18.1. The van der Waals surface area contributed by atoms with Gasteiger partial charge in [-0.3, -0.25) is 4.79 Å². The van der Waals surface area contributed by atoms with Crippen LogP contribution >= 0.6 is 11.6 Å². The van der Waals surface area contributed by atoms with E-state index < -0.39 is 0 Å². The molecular weight excluding hydrogens is 374 g/mol. The molecule has 4 rings (SSSR count). The summed E-state index contributed by atoms with van der Waals surface area (Å²) < 4.78 is 11.4. The number of ether oxygens (including phenoxy) is 2. The lowest BCUT2D eigenvalue weighted by atomic mass is 10.0. The van der Waals surface area contributed by atoms with Crippen molar-refractivity contribution in [3.05, 3.63) is 88.4 Å². The molecule has 5 heteroatoms. The maximum Gasteiger partial charge on any atom is 0.256 e. The zero-order chi connectivity index (χ0) is 19.5. The van der Waals surface area contributed by atoms with E-state index in [1.807, 2.05) is 60.7 Å². The zero-order valence-electron chi connectivity index (χ0n) is 15.2. The number of halogens is 1. The van der Waals surface area contributed by atoms with Crippen LogP contribution in [0.1, 0.15) is 16.7 Å². The van der Waals surface area contributed by atoms with Gasteiger partial charge in [-0.1, -0.05) is 54.1 Å². The summed E-state index contributed by atoms with van der Waals surface area (Å²) >= 11 is 6.02. The van der Waals surface area contributed by atoms with Crippen LogP contribution in [0.15, 0.2) is 66.7 Å². The number of methoxy groups -OCH3 is 1. The molecule has 0 saturated heterocycles. The second kappa shape index (κ2) is 7.79. The highest BCUT2D eigenvalue weighted by molar-refractivity contribution is 6.36. The molecule has 0 atom stereocenters. The van der Waals surface area contributed by atoms with E-state index >= 15 is 0 Å². The summed E-state index contributed by atoms with van der Waals surface area (Å²) in [7, 11) is 1.60. The van der Waals surface area contributed by atoms with Crippen molar-refractivity contribution in [1.82, 2.24) is 0 Å². The smallest absolute Gasteiger partial charge is 0.256 e. The summed E-state index contributed by atoms with van der Waals surface area (Å²) in [5.41, 5.74) is 4.05. The molecule has 3 aromatic carbocycles. The Morgan fingerprint density at radius 3 is 2.61 bits per heavy atom. The molecule has 140 valence electrons. The van der Waals surface area contributed by atoms with Crippen LogP contribution in [0.3, 0.4) is 0 Å². The minimum absolute atomic E-state index is 0.153. The maximum atomic E-state index is 12.4. The minimum Gasteiger partial charge on any atom is -0.493 e. The lowest BCUT2D eigenvalue weighted by Crippen LogP contribution is -2.03. The van der Waals surface area contributed by atoms with Gasteiger partial charge in [0.1, 0.15) is 6.61 Å². The number of carbonyl (C=O) groups is 1. The fourth-order valence-electron chi connectivity index (χ4n) is 3.11. The number of hydrogen-bond acceptors (Lipinski definition) is 3.